The van der Waals surface area contributed by atoms with E-state index in [0.29, 0.717) is 18.1 Å². The molecule has 2 unspecified atom stereocenters. The lowest BCUT2D eigenvalue weighted by atomic mass is 9.59. The molecule has 2 N–H and O–H groups in total. The van der Waals surface area contributed by atoms with Gasteiger partial charge in [0.25, 0.3) is 0 Å². The SMILES string of the molecule is CN1CC=C2C(C#N)=C(N)C(C#N)(C#N)C(c3cc(Cl)cs3)C2C1. The van der Waals surface area contributed by atoms with Crippen molar-refractivity contribution in [2.45, 2.75) is 5.92 Å². The normalized spacial score (nSPS) is 25.9. The third kappa shape index (κ3) is 2.22. The molecule has 0 fully saturated rings. The minimum atomic E-state index is -1.57. The largest absolute Gasteiger partial charge is 0.399 e. The Hall–Kier alpha value is -2.30. The number of hydrogen-bond acceptors (Lipinski definition) is 6. The van der Waals surface area contributed by atoms with Crippen LogP contribution in [-0.2, 0) is 0 Å². The zero-order chi connectivity index (χ0) is 17.5. The number of halogens is 1. The molecule has 0 bridgehead atoms. The summed E-state index contributed by atoms with van der Waals surface area (Å²) < 4.78 is 0. The summed E-state index contributed by atoms with van der Waals surface area (Å²) >= 11 is 7.50. The summed E-state index contributed by atoms with van der Waals surface area (Å²) in [6.45, 7) is 1.35. The van der Waals surface area contributed by atoms with Gasteiger partial charge in [0.05, 0.1) is 28.4 Å². The number of allylic oxidation sites excluding steroid dienone is 2. The molecule has 1 aliphatic heterocycles. The predicted molar refractivity (Wildman–Crippen MR) is 91.6 cm³/mol. The highest BCUT2D eigenvalue weighted by Crippen LogP contribution is 2.55. The molecule has 0 aromatic carbocycles. The summed E-state index contributed by atoms with van der Waals surface area (Å²) in [6, 6.07) is 8.12. The van der Waals surface area contributed by atoms with Crippen LogP contribution in [-0.4, -0.2) is 25.0 Å². The van der Waals surface area contributed by atoms with Crippen molar-refractivity contribution in [1.29, 1.82) is 15.8 Å². The molecule has 1 aromatic heterocycles. The molecular formula is C17H14ClN5S. The van der Waals surface area contributed by atoms with E-state index < -0.39 is 11.3 Å². The van der Waals surface area contributed by atoms with E-state index in [1.807, 2.05) is 13.1 Å². The fourth-order valence-electron chi connectivity index (χ4n) is 3.62. The van der Waals surface area contributed by atoms with Gasteiger partial charge in [-0.25, -0.2) is 0 Å². The summed E-state index contributed by atoms with van der Waals surface area (Å²) in [4.78, 5) is 2.95. The summed E-state index contributed by atoms with van der Waals surface area (Å²) in [5, 5.41) is 31.7. The molecule has 120 valence electrons. The molecule has 7 heteroatoms. The molecule has 0 saturated heterocycles. The van der Waals surface area contributed by atoms with E-state index in [9.17, 15) is 15.8 Å². The molecule has 1 aliphatic carbocycles. The second-order valence-electron chi connectivity index (χ2n) is 6.06. The Bertz CT molecular complexity index is 862. The van der Waals surface area contributed by atoms with E-state index >= 15 is 0 Å². The summed E-state index contributed by atoms with van der Waals surface area (Å²) in [6.07, 6.45) is 1.97. The van der Waals surface area contributed by atoms with Gasteiger partial charge in [-0.15, -0.1) is 11.3 Å². The first-order valence-corrected chi connectivity index (χ1v) is 8.60. The van der Waals surface area contributed by atoms with Gasteiger partial charge in [0.1, 0.15) is 6.07 Å². The Morgan fingerprint density at radius 2 is 2.08 bits per heavy atom. The lowest BCUT2D eigenvalue weighted by Crippen LogP contribution is -2.47. The quantitative estimate of drug-likeness (QED) is 0.834. The highest BCUT2D eigenvalue weighted by Gasteiger charge is 2.54. The number of rotatable bonds is 1. The molecule has 2 heterocycles. The number of nitrogens with two attached hydrogens (primary N) is 1. The van der Waals surface area contributed by atoms with Gasteiger partial charge in [0.15, 0.2) is 5.41 Å². The molecule has 3 rings (SSSR count). The first-order chi connectivity index (χ1) is 11.5. The molecular weight excluding hydrogens is 342 g/mol. The van der Waals surface area contributed by atoms with E-state index in [-0.39, 0.29) is 17.2 Å². The van der Waals surface area contributed by atoms with E-state index in [1.54, 1.807) is 11.4 Å². The average molecular weight is 356 g/mol. The lowest BCUT2D eigenvalue weighted by molar-refractivity contribution is 0.240. The van der Waals surface area contributed by atoms with Gasteiger partial charge in [-0.2, -0.15) is 15.8 Å². The highest BCUT2D eigenvalue weighted by atomic mass is 35.5. The fourth-order valence-corrected chi connectivity index (χ4v) is 4.94. The van der Waals surface area contributed by atoms with Crippen molar-refractivity contribution in [2.75, 3.05) is 20.1 Å². The minimum absolute atomic E-state index is 0.0524. The maximum Gasteiger partial charge on any atom is 0.192 e. The van der Waals surface area contributed by atoms with Gasteiger partial charge in [0, 0.05) is 35.2 Å². The van der Waals surface area contributed by atoms with Gasteiger partial charge >= 0.3 is 0 Å². The first-order valence-electron chi connectivity index (χ1n) is 7.34. The number of nitriles is 3. The van der Waals surface area contributed by atoms with Crippen molar-refractivity contribution >= 4 is 22.9 Å². The van der Waals surface area contributed by atoms with Crippen LogP contribution in [0, 0.1) is 45.3 Å². The number of likely N-dealkylation sites (N-methyl/N-ethyl adjacent to an activating group) is 1. The Kier molecular flexibility index (Phi) is 4.11. The second kappa shape index (κ2) is 5.96. The molecule has 0 saturated carbocycles. The third-order valence-electron chi connectivity index (χ3n) is 4.74. The van der Waals surface area contributed by atoms with Gasteiger partial charge in [-0.05, 0) is 18.7 Å². The Morgan fingerprint density at radius 3 is 2.62 bits per heavy atom. The highest BCUT2D eigenvalue weighted by molar-refractivity contribution is 7.10. The zero-order valence-corrected chi connectivity index (χ0v) is 14.5. The number of nitrogens with zero attached hydrogens (tertiary/aromatic N) is 4. The molecule has 24 heavy (non-hydrogen) atoms. The lowest BCUT2D eigenvalue weighted by Gasteiger charge is -2.44. The van der Waals surface area contributed by atoms with Crippen molar-refractivity contribution < 1.29 is 0 Å². The molecule has 0 radical (unpaired) electrons. The molecule has 5 nitrogen and oxygen atoms in total. The third-order valence-corrected chi connectivity index (χ3v) is 6.10. The molecule has 2 aliphatic rings. The van der Waals surface area contributed by atoms with Crippen LogP contribution in [0.25, 0.3) is 0 Å². The van der Waals surface area contributed by atoms with E-state index in [2.05, 4.69) is 23.1 Å². The van der Waals surface area contributed by atoms with Gasteiger partial charge in [-0.1, -0.05) is 17.7 Å². The van der Waals surface area contributed by atoms with Gasteiger partial charge in [-0.3, -0.25) is 0 Å². The van der Waals surface area contributed by atoms with Crippen LogP contribution in [0.5, 0.6) is 0 Å². The van der Waals surface area contributed by atoms with Crippen molar-refractivity contribution in [3.05, 3.63) is 44.3 Å². The van der Waals surface area contributed by atoms with Crippen molar-refractivity contribution in [3.8, 4) is 18.2 Å². The minimum Gasteiger partial charge on any atom is -0.399 e. The van der Waals surface area contributed by atoms with Crippen LogP contribution in [0.2, 0.25) is 5.02 Å². The Balaban J connectivity index is 2.33. The summed E-state index contributed by atoms with van der Waals surface area (Å²) in [5.41, 5.74) is 5.79. The van der Waals surface area contributed by atoms with Crippen LogP contribution >= 0.6 is 22.9 Å². The number of thiophene rings is 1. The molecule has 1 aromatic rings. The van der Waals surface area contributed by atoms with Gasteiger partial charge < -0.3 is 10.6 Å². The predicted octanol–water partition coefficient (Wildman–Crippen LogP) is 2.76. The van der Waals surface area contributed by atoms with Crippen LogP contribution in [0.4, 0.5) is 0 Å². The maximum absolute atomic E-state index is 9.86. The van der Waals surface area contributed by atoms with Crippen molar-refractivity contribution in [2.24, 2.45) is 17.1 Å². The second-order valence-corrected chi connectivity index (χ2v) is 7.44. The zero-order valence-electron chi connectivity index (χ0n) is 13.0. The van der Waals surface area contributed by atoms with E-state index in [0.717, 1.165) is 10.5 Å². The van der Waals surface area contributed by atoms with E-state index in [1.165, 1.54) is 11.3 Å². The fraction of sp³-hybridized carbons (Fsp3) is 0.353. The monoisotopic (exact) mass is 355 g/mol. The van der Waals surface area contributed by atoms with Crippen LogP contribution < -0.4 is 5.73 Å². The maximum atomic E-state index is 9.86. The number of hydrogen-bond donors (Lipinski definition) is 1. The first kappa shape index (κ1) is 16.6. The average Bonchev–Trinajstić information content (AvgIpc) is 3.00. The van der Waals surface area contributed by atoms with Crippen molar-refractivity contribution in [3.63, 3.8) is 0 Å². The standard InChI is InChI=1S/C17H14ClN5S/c1-23-3-2-11-12(5-19)16(22)17(8-20,9-21)15(13(11)6-23)14-4-10(18)7-24-14/h2,4,7,13,15H,3,6,22H2,1H3. The van der Waals surface area contributed by atoms with Gasteiger partial charge in [0.2, 0.25) is 0 Å². The number of fused-ring (bicyclic) bond motifs is 1. The van der Waals surface area contributed by atoms with Crippen LogP contribution in [0.15, 0.2) is 34.4 Å². The Labute approximate surface area is 149 Å². The topological polar surface area (TPSA) is 101 Å². The van der Waals surface area contributed by atoms with Crippen LogP contribution in [0.3, 0.4) is 0 Å². The molecule has 0 amide bonds. The van der Waals surface area contributed by atoms with Crippen molar-refractivity contribution in [1.82, 2.24) is 4.90 Å². The summed E-state index contributed by atoms with van der Waals surface area (Å²) in [5.74, 6) is -0.601. The van der Waals surface area contributed by atoms with E-state index in [4.69, 9.17) is 17.3 Å². The van der Waals surface area contributed by atoms with Crippen LogP contribution in [0.1, 0.15) is 10.8 Å². The smallest absolute Gasteiger partial charge is 0.192 e. The molecule has 2 atom stereocenters. The Morgan fingerprint density at radius 1 is 1.38 bits per heavy atom. The summed E-state index contributed by atoms with van der Waals surface area (Å²) in [7, 11) is 1.97. The molecule has 0 spiro atoms.